The van der Waals surface area contributed by atoms with Crippen LogP contribution in [0.5, 0.6) is 0 Å². The highest BCUT2D eigenvalue weighted by Crippen LogP contribution is 2.18. The molecule has 1 unspecified atom stereocenters. The van der Waals surface area contributed by atoms with Crippen LogP contribution in [0.4, 0.5) is 8.78 Å². The smallest absolute Gasteiger partial charge is 0.159 e. The molecule has 1 rings (SSSR count). The number of rotatable bonds is 6. The monoisotopic (exact) mass is 241 g/mol. The van der Waals surface area contributed by atoms with E-state index in [1.807, 2.05) is 7.05 Å². The molecule has 1 nitrogen and oxygen atoms in total. The molecule has 0 saturated heterocycles. The molecule has 0 saturated carbocycles. The van der Waals surface area contributed by atoms with Crippen LogP contribution < -0.4 is 5.32 Å². The van der Waals surface area contributed by atoms with E-state index in [2.05, 4.69) is 19.2 Å². The topological polar surface area (TPSA) is 12.0 Å². The van der Waals surface area contributed by atoms with Gasteiger partial charge in [-0.2, -0.15) is 0 Å². The van der Waals surface area contributed by atoms with E-state index in [9.17, 15) is 8.78 Å². The van der Waals surface area contributed by atoms with Crippen molar-refractivity contribution in [2.75, 3.05) is 13.6 Å². The van der Waals surface area contributed by atoms with E-state index >= 15 is 0 Å². The van der Waals surface area contributed by atoms with Crippen LogP contribution in [-0.2, 0) is 6.42 Å². The quantitative estimate of drug-likeness (QED) is 0.805. The predicted molar refractivity (Wildman–Crippen MR) is 66.9 cm³/mol. The van der Waals surface area contributed by atoms with Gasteiger partial charge in [0.05, 0.1) is 0 Å². The van der Waals surface area contributed by atoms with E-state index < -0.39 is 11.6 Å². The number of hydrogen-bond acceptors (Lipinski definition) is 1. The Morgan fingerprint density at radius 3 is 2.41 bits per heavy atom. The summed E-state index contributed by atoms with van der Waals surface area (Å²) in [5, 5.41) is 3.15. The Morgan fingerprint density at radius 1 is 1.18 bits per heavy atom. The van der Waals surface area contributed by atoms with Crippen molar-refractivity contribution in [2.24, 2.45) is 11.8 Å². The van der Waals surface area contributed by atoms with E-state index in [1.54, 1.807) is 6.07 Å². The molecule has 0 aliphatic rings. The average Bonchev–Trinajstić information content (AvgIpc) is 2.23. The second-order valence-electron chi connectivity index (χ2n) is 5.01. The first-order chi connectivity index (χ1) is 8.02. The SMILES string of the molecule is CNCC(Cc1ccc(F)c(F)c1)CC(C)C. The van der Waals surface area contributed by atoms with Crippen molar-refractivity contribution in [1.82, 2.24) is 5.32 Å². The van der Waals surface area contributed by atoms with Crippen molar-refractivity contribution in [3.05, 3.63) is 35.4 Å². The molecule has 0 aliphatic carbocycles. The van der Waals surface area contributed by atoms with Gasteiger partial charge in [-0.15, -0.1) is 0 Å². The molecule has 0 amide bonds. The molecule has 0 radical (unpaired) electrons. The Hall–Kier alpha value is -0.960. The third kappa shape index (κ3) is 4.82. The van der Waals surface area contributed by atoms with Gasteiger partial charge in [-0.1, -0.05) is 19.9 Å². The maximum absolute atomic E-state index is 13.1. The van der Waals surface area contributed by atoms with Crippen molar-refractivity contribution in [2.45, 2.75) is 26.7 Å². The van der Waals surface area contributed by atoms with Gasteiger partial charge in [0.15, 0.2) is 11.6 Å². The Morgan fingerprint density at radius 2 is 1.88 bits per heavy atom. The van der Waals surface area contributed by atoms with Gasteiger partial charge in [0.1, 0.15) is 0 Å². The van der Waals surface area contributed by atoms with Gasteiger partial charge in [-0.25, -0.2) is 8.78 Å². The molecule has 17 heavy (non-hydrogen) atoms. The molecule has 0 heterocycles. The van der Waals surface area contributed by atoms with Gasteiger partial charge < -0.3 is 5.32 Å². The van der Waals surface area contributed by atoms with E-state index in [-0.39, 0.29) is 0 Å². The highest BCUT2D eigenvalue weighted by atomic mass is 19.2. The lowest BCUT2D eigenvalue weighted by Crippen LogP contribution is -2.22. The standard InChI is InChI=1S/C14H21F2N/c1-10(2)6-12(9-17-3)7-11-4-5-13(15)14(16)8-11/h4-5,8,10,12,17H,6-7,9H2,1-3H3. The van der Waals surface area contributed by atoms with Crippen molar-refractivity contribution in [3.8, 4) is 0 Å². The first-order valence-electron chi connectivity index (χ1n) is 6.11. The third-order valence-electron chi connectivity index (χ3n) is 2.81. The molecule has 1 atom stereocenters. The van der Waals surface area contributed by atoms with E-state index in [4.69, 9.17) is 0 Å². The normalized spacial score (nSPS) is 13.1. The highest BCUT2D eigenvalue weighted by molar-refractivity contribution is 5.18. The first kappa shape index (κ1) is 14.1. The maximum Gasteiger partial charge on any atom is 0.159 e. The second kappa shape index (κ2) is 6.70. The van der Waals surface area contributed by atoms with Crippen molar-refractivity contribution in [3.63, 3.8) is 0 Å². The van der Waals surface area contributed by atoms with E-state index in [0.717, 1.165) is 24.9 Å². The third-order valence-corrected chi connectivity index (χ3v) is 2.81. The van der Waals surface area contributed by atoms with Gasteiger partial charge in [0, 0.05) is 0 Å². The molecule has 1 N–H and O–H groups in total. The number of halogens is 2. The van der Waals surface area contributed by atoms with E-state index in [0.29, 0.717) is 11.8 Å². The lowest BCUT2D eigenvalue weighted by molar-refractivity contribution is 0.394. The molecule has 0 fully saturated rings. The molecule has 1 aromatic carbocycles. The average molecular weight is 241 g/mol. The summed E-state index contributed by atoms with van der Waals surface area (Å²) in [4.78, 5) is 0. The molecule has 3 heteroatoms. The van der Waals surface area contributed by atoms with Gasteiger partial charge >= 0.3 is 0 Å². The maximum atomic E-state index is 13.1. The zero-order valence-electron chi connectivity index (χ0n) is 10.8. The number of nitrogens with one attached hydrogen (secondary N) is 1. The summed E-state index contributed by atoms with van der Waals surface area (Å²) in [5.74, 6) is -0.457. The Balaban J connectivity index is 2.67. The fourth-order valence-electron chi connectivity index (χ4n) is 2.19. The second-order valence-corrected chi connectivity index (χ2v) is 5.01. The zero-order valence-corrected chi connectivity index (χ0v) is 10.8. The van der Waals surface area contributed by atoms with Crippen LogP contribution in [0.15, 0.2) is 18.2 Å². The predicted octanol–water partition coefficient (Wildman–Crippen LogP) is 3.39. The Labute approximate surface area is 102 Å². The van der Waals surface area contributed by atoms with Gasteiger partial charge in [0.25, 0.3) is 0 Å². The Bertz CT molecular complexity index is 350. The fourth-order valence-corrected chi connectivity index (χ4v) is 2.19. The summed E-state index contributed by atoms with van der Waals surface area (Å²) in [7, 11) is 1.92. The van der Waals surface area contributed by atoms with Gasteiger partial charge in [-0.3, -0.25) is 0 Å². The van der Waals surface area contributed by atoms with E-state index in [1.165, 1.54) is 12.1 Å². The summed E-state index contributed by atoms with van der Waals surface area (Å²) >= 11 is 0. The highest BCUT2D eigenvalue weighted by Gasteiger charge is 2.12. The molecular formula is C14H21F2N. The van der Waals surface area contributed by atoms with Crippen LogP contribution in [0, 0.1) is 23.5 Å². The van der Waals surface area contributed by atoms with Crippen molar-refractivity contribution >= 4 is 0 Å². The summed E-state index contributed by atoms with van der Waals surface area (Å²) in [6.45, 7) is 5.25. The summed E-state index contributed by atoms with van der Waals surface area (Å²) < 4.78 is 25.9. The molecule has 96 valence electrons. The molecule has 0 aliphatic heterocycles. The molecule has 1 aromatic rings. The fraction of sp³-hybridized carbons (Fsp3) is 0.571. The van der Waals surface area contributed by atoms with Gasteiger partial charge in [-0.05, 0) is 56.0 Å². The molecular weight excluding hydrogens is 220 g/mol. The summed E-state index contributed by atoms with van der Waals surface area (Å²) in [5.41, 5.74) is 0.866. The number of hydrogen-bond donors (Lipinski definition) is 1. The van der Waals surface area contributed by atoms with Crippen LogP contribution in [0.3, 0.4) is 0 Å². The Kier molecular flexibility index (Phi) is 5.56. The summed E-state index contributed by atoms with van der Waals surface area (Å²) in [6.07, 6.45) is 1.87. The zero-order chi connectivity index (χ0) is 12.8. The lowest BCUT2D eigenvalue weighted by atomic mass is 9.91. The molecule has 0 aromatic heterocycles. The van der Waals surface area contributed by atoms with Crippen LogP contribution in [0.2, 0.25) is 0 Å². The molecule has 0 bridgehead atoms. The van der Waals surface area contributed by atoms with Crippen LogP contribution in [0.25, 0.3) is 0 Å². The van der Waals surface area contributed by atoms with Crippen LogP contribution in [-0.4, -0.2) is 13.6 Å². The van der Waals surface area contributed by atoms with Crippen molar-refractivity contribution < 1.29 is 8.78 Å². The minimum absolute atomic E-state index is 0.463. The first-order valence-corrected chi connectivity index (χ1v) is 6.11. The minimum Gasteiger partial charge on any atom is -0.319 e. The number of benzene rings is 1. The molecule has 0 spiro atoms. The van der Waals surface area contributed by atoms with Crippen LogP contribution in [0.1, 0.15) is 25.8 Å². The largest absolute Gasteiger partial charge is 0.319 e. The van der Waals surface area contributed by atoms with Gasteiger partial charge in [0.2, 0.25) is 0 Å². The minimum atomic E-state index is -0.775. The van der Waals surface area contributed by atoms with Crippen LogP contribution >= 0.6 is 0 Å². The lowest BCUT2D eigenvalue weighted by Gasteiger charge is -2.18. The summed E-state index contributed by atoms with van der Waals surface area (Å²) in [6, 6.07) is 4.18. The van der Waals surface area contributed by atoms with Crippen molar-refractivity contribution in [1.29, 1.82) is 0 Å².